The molecule has 3 fully saturated rings. The van der Waals surface area contributed by atoms with E-state index in [0.717, 1.165) is 5.57 Å². The van der Waals surface area contributed by atoms with Crippen LogP contribution < -0.4 is 0 Å². The summed E-state index contributed by atoms with van der Waals surface area (Å²) in [5, 5.41) is 35.7. The SMILES string of the molecule is CC1=C2[C@@H](O)C(=O)C3(C)C([C@H](OC(=O)c4ccccc4)[C@](O)(C[C@@H]1C)C2(C)C)[C@]1(C)COC1C[C@@H]3O. The molecule has 3 N–H and O–H groups in total. The third-order valence-corrected chi connectivity index (χ3v) is 10.4. The molecule has 1 heterocycles. The number of Topliss-reactive ketones (excluding diaryl/α,β-unsaturated/α-hetero) is 1. The number of aliphatic hydroxyl groups is 3. The zero-order valence-electron chi connectivity index (χ0n) is 21.9. The molecule has 36 heavy (non-hydrogen) atoms. The molecule has 7 nitrogen and oxygen atoms in total. The number of hydrogen-bond acceptors (Lipinski definition) is 7. The molecule has 1 aromatic carbocycles. The Morgan fingerprint density at radius 2 is 1.75 bits per heavy atom. The highest BCUT2D eigenvalue weighted by atomic mass is 16.6. The maximum atomic E-state index is 14.2. The predicted molar refractivity (Wildman–Crippen MR) is 132 cm³/mol. The molecular formula is C29H38O7. The molecule has 1 aliphatic heterocycles. The van der Waals surface area contributed by atoms with Crippen LogP contribution in [0.2, 0.25) is 0 Å². The van der Waals surface area contributed by atoms with E-state index in [1.807, 2.05) is 34.6 Å². The zero-order chi connectivity index (χ0) is 26.4. The molecule has 2 bridgehead atoms. The van der Waals surface area contributed by atoms with Crippen LogP contribution in [0.1, 0.15) is 64.7 Å². The van der Waals surface area contributed by atoms with Crippen LogP contribution in [0.3, 0.4) is 0 Å². The molecule has 0 spiro atoms. The fourth-order valence-corrected chi connectivity index (χ4v) is 7.93. The maximum Gasteiger partial charge on any atom is 0.338 e. The lowest BCUT2D eigenvalue weighted by Crippen LogP contribution is -2.77. The van der Waals surface area contributed by atoms with Crippen LogP contribution in [-0.2, 0) is 14.3 Å². The van der Waals surface area contributed by atoms with E-state index >= 15 is 0 Å². The quantitative estimate of drug-likeness (QED) is 0.424. The highest BCUT2D eigenvalue weighted by Gasteiger charge is 2.74. The van der Waals surface area contributed by atoms with E-state index in [9.17, 15) is 24.9 Å². The highest BCUT2D eigenvalue weighted by molar-refractivity contribution is 5.93. The minimum absolute atomic E-state index is 0.155. The van der Waals surface area contributed by atoms with Gasteiger partial charge in [0.15, 0.2) is 5.78 Å². The van der Waals surface area contributed by atoms with Crippen molar-refractivity contribution < 1.29 is 34.4 Å². The molecule has 1 saturated heterocycles. The molecule has 1 aromatic rings. The van der Waals surface area contributed by atoms with Crippen LogP contribution >= 0.6 is 0 Å². The van der Waals surface area contributed by atoms with Crippen molar-refractivity contribution in [3.05, 3.63) is 47.0 Å². The standard InChI is InChI=1S/C29H38O7/c1-15-13-29(34)24(36-25(33)17-10-8-7-9-11-17)22-27(5)14-35-19(27)12-18(30)28(22,6)23(32)21(31)20(16(15)2)26(29,3)4/h7-11,15,18-19,21-22,24,30-31,34H,12-14H2,1-6H3/t15-,18-,19?,21+,22?,24-,27+,28?,29+/m0/s1. The monoisotopic (exact) mass is 498 g/mol. The number of ketones is 1. The molecule has 4 aliphatic rings. The summed E-state index contributed by atoms with van der Waals surface area (Å²) in [6.07, 6.45) is -3.57. The number of ether oxygens (including phenoxy) is 2. The summed E-state index contributed by atoms with van der Waals surface area (Å²) >= 11 is 0. The number of rotatable bonds is 2. The summed E-state index contributed by atoms with van der Waals surface area (Å²) in [7, 11) is 0. The summed E-state index contributed by atoms with van der Waals surface area (Å²) in [6.45, 7) is 11.4. The van der Waals surface area contributed by atoms with Crippen molar-refractivity contribution in [2.24, 2.45) is 28.1 Å². The number of aliphatic hydroxyl groups excluding tert-OH is 2. The Hall–Kier alpha value is -2.06. The molecule has 2 saturated carbocycles. The number of esters is 1. The second kappa shape index (κ2) is 7.97. The van der Waals surface area contributed by atoms with Gasteiger partial charge in [-0.2, -0.15) is 0 Å². The second-order valence-electron chi connectivity index (χ2n) is 12.5. The van der Waals surface area contributed by atoms with Crippen molar-refractivity contribution in [3.8, 4) is 0 Å². The number of allylic oxidation sites excluding steroid dienone is 1. The summed E-state index contributed by atoms with van der Waals surface area (Å²) < 4.78 is 12.1. The first-order valence-electron chi connectivity index (χ1n) is 12.9. The number of carbonyl (C=O) groups excluding carboxylic acids is 2. The number of hydrogen-bond donors (Lipinski definition) is 3. The molecule has 196 valence electrons. The summed E-state index contributed by atoms with van der Waals surface area (Å²) in [4.78, 5) is 27.7. The van der Waals surface area contributed by atoms with Crippen molar-refractivity contribution in [3.63, 3.8) is 0 Å². The molecule has 0 radical (unpaired) electrons. The van der Waals surface area contributed by atoms with Gasteiger partial charge in [-0.05, 0) is 43.9 Å². The van der Waals surface area contributed by atoms with Gasteiger partial charge in [-0.15, -0.1) is 0 Å². The van der Waals surface area contributed by atoms with E-state index in [-0.39, 0.29) is 24.9 Å². The van der Waals surface area contributed by atoms with Gasteiger partial charge < -0.3 is 24.8 Å². The molecule has 3 unspecified atom stereocenters. The lowest BCUT2D eigenvalue weighted by molar-refractivity contribution is -0.312. The Morgan fingerprint density at radius 1 is 1.11 bits per heavy atom. The van der Waals surface area contributed by atoms with Gasteiger partial charge in [0, 0.05) is 23.2 Å². The second-order valence-corrected chi connectivity index (χ2v) is 12.5. The van der Waals surface area contributed by atoms with E-state index in [1.54, 1.807) is 37.3 Å². The van der Waals surface area contributed by atoms with Crippen LogP contribution in [0.25, 0.3) is 0 Å². The molecule has 5 rings (SSSR count). The van der Waals surface area contributed by atoms with Crippen LogP contribution in [0.5, 0.6) is 0 Å². The minimum atomic E-state index is -1.61. The van der Waals surface area contributed by atoms with Crippen LogP contribution in [0, 0.1) is 28.1 Å². The van der Waals surface area contributed by atoms with Gasteiger partial charge in [0.05, 0.1) is 29.8 Å². The predicted octanol–water partition coefficient (Wildman–Crippen LogP) is 3.06. The van der Waals surface area contributed by atoms with E-state index < -0.39 is 57.8 Å². The third-order valence-electron chi connectivity index (χ3n) is 10.4. The number of fused-ring (bicyclic) bond motifs is 5. The minimum Gasteiger partial charge on any atom is -0.455 e. The van der Waals surface area contributed by atoms with Gasteiger partial charge in [-0.3, -0.25) is 4.79 Å². The Balaban J connectivity index is 1.78. The van der Waals surface area contributed by atoms with Crippen molar-refractivity contribution in [2.75, 3.05) is 6.61 Å². The van der Waals surface area contributed by atoms with Gasteiger partial charge in [0.1, 0.15) is 17.8 Å². The first kappa shape index (κ1) is 25.6. The number of benzene rings is 1. The van der Waals surface area contributed by atoms with Crippen LogP contribution in [-0.4, -0.2) is 63.7 Å². The summed E-state index contributed by atoms with van der Waals surface area (Å²) in [5.74, 6) is -2.02. The van der Waals surface area contributed by atoms with Crippen molar-refractivity contribution >= 4 is 11.8 Å². The summed E-state index contributed by atoms with van der Waals surface area (Å²) in [5.41, 5.74) is -3.16. The Labute approximate surface area is 212 Å². The largest absolute Gasteiger partial charge is 0.455 e. The Bertz CT molecular complexity index is 1130. The molecule has 3 aliphatic carbocycles. The van der Waals surface area contributed by atoms with Gasteiger partial charge in [-0.25, -0.2) is 4.79 Å². The molecule has 0 amide bonds. The molecule has 7 heteroatoms. The topological polar surface area (TPSA) is 113 Å². The van der Waals surface area contributed by atoms with Crippen LogP contribution in [0.15, 0.2) is 41.5 Å². The zero-order valence-corrected chi connectivity index (χ0v) is 21.9. The maximum absolute atomic E-state index is 14.2. The number of carbonyl (C=O) groups is 2. The first-order valence-corrected chi connectivity index (χ1v) is 12.9. The molecule has 9 atom stereocenters. The van der Waals surface area contributed by atoms with Gasteiger partial charge in [-0.1, -0.05) is 51.5 Å². The smallest absolute Gasteiger partial charge is 0.338 e. The van der Waals surface area contributed by atoms with Crippen LogP contribution in [0.4, 0.5) is 0 Å². The van der Waals surface area contributed by atoms with E-state index in [1.165, 1.54) is 0 Å². The van der Waals surface area contributed by atoms with Crippen molar-refractivity contribution in [1.29, 1.82) is 0 Å². The van der Waals surface area contributed by atoms with Crippen molar-refractivity contribution in [2.45, 2.75) is 84.4 Å². The average Bonchev–Trinajstić information content (AvgIpc) is 2.83. The van der Waals surface area contributed by atoms with Gasteiger partial charge in [0.25, 0.3) is 0 Å². The van der Waals surface area contributed by atoms with E-state index in [4.69, 9.17) is 9.47 Å². The highest BCUT2D eigenvalue weighted by Crippen LogP contribution is 2.65. The third kappa shape index (κ3) is 3.06. The van der Waals surface area contributed by atoms with E-state index in [0.29, 0.717) is 17.7 Å². The van der Waals surface area contributed by atoms with Crippen molar-refractivity contribution in [1.82, 2.24) is 0 Å². The normalized spacial score (nSPS) is 45.5. The molecule has 0 aromatic heterocycles. The Morgan fingerprint density at radius 3 is 2.33 bits per heavy atom. The fraction of sp³-hybridized carbons (Fsp3) is 0.655. The fourth-order valence-electron chi connectivity index (χ4n) is 7.93. The molecular weight excluding hydrogens is 460 g/mol. The van der Waals surface area contributed by atoms with Gasteiger partial charge >= 0.3 is 5.97 Å². The first-order chi connectivity index (χ1) is 16.7. The Kier molecular flexibility index (Phi) is 5.66. The van der Waals surface area contributed by atoms with E-state index in [2.05, 4.69) is 0 Å². The lowest BCUT2D eigenvalue weighted by Gasteiger charge is -2.68. The summed E-state index contributed by atoms with van der Waals surface area (Å²) in [6, 6.07) is 8.59. The lowest BCUT2D eigenvalue weighted by atomic mass is 9.42. The average molecular weight is 499 g/mol. The van der Waals surface area contributed by atoms with Gasteiger partial charge in [0.2, 0.25) is 0 Å².